The Kier molecular flexibility index (Phi) is 6.55. The molecule has 150 valence electrons. The first-order valence-electron chi connectivity index (χ1n) is 8.51. The third-order valence-electron chi connectivity index (χ3n) is 3.59. The molecule has 7 nitrogen and oxygen atoms in total. The molecule has 0 amide bonds. The zero-order chi connectivity index (χ0) is 21.0. The van der Waals surface area contributed by atoms with E-state index in [1.165, 1.54) is 17.6 Å². The number of rotatable bonds is 3. The first kappa shape index (κ1) is 21.1. The molecule has 0 aliphatic carbocycles. The summed E-state index contributed by atoms with van der Waals surface area (Å²) in [6.45, 7) is 7.07. The number of anilines is 2. The largest absolute Gasteiger partial charge is 0.382 e. The molecule has 3 aromatic heterocycles. The van der Waals surface area contributed by atoms with Crippen LogP contribution in [-0.2, 0) is 0 Å². The fourth-order valence-electron chi connectivity index (χ4n) is 2.39. The van der Waals surface area contributed by atoms with Crippen molar-refractivity contribution in [3.63, 3.8) is 0 Å². The van der Waals surface area contributed by atoms with Crippen molar-refractivity contribution in [2.45, 2.75) is 40.5 Å². The number of hydrogen-bond acceptors (Lipinski definition) is 6. The summed E-state index contributed by atoms with van der Waals surface area (Å²) in [5, 5.41) is 3.94. The summed E-state index contributed by atoms with van der Waals surface area (Å²) in [6, 6.07) is 3.49. The SMILES string of the molecule is CC(C)=Nc1ccc(-c2c(F)cn3nc(N)nc(N)c23)nc1C.CCC(F)F. The molecule has 10 heteroatoms. The fourth-order valence-corrected chi connectivity index (χ4v) is 2.39. The first-order chi connectivity index (χ1) is 13.1. The second kappa shape index (κ2) is 8.68. The van der Waals surface area contributed by atoms with Gasteiger partial charge in [0.15, 0.2) is 11.6 Å². The normalized spacial score (nSPS) is 10.7. The van der Waals surface area contributed by atoms with E-state index in [1.54, 1.807) is 12.1 Å². The Balaban J connectivity index is 0.000000500. The van der Waals surface area contributed by atoms with Gasteiger partial charge in [0.1, 0.15) is 5.52 Å². The molecule has 0 atom stereocenters. The molecule has 0 aliphatic rings. The van der Waals surface area contributed by atoms with Crippen LogP contribution in [-0.4, -0.2) is 31.7 Å². The number of halogens is 3. The number of aryl methyl sites for hydroxylation is 1. The van der Waals surface area contributed by atoms with E-state index >= 15 is 0 Å². The van der Waals surface area contributed by atoms with E-state index in [1.807, 2.05) is 20.8 Å². The lowest BCUT2D eigenvalue weighted by Gasteiger charge is -2.06. The summed E-state index contributed by atoms with van der Waals surface area (Å²) < 4.78 is 37.2. The summed E-state index contributed by atoms with van der Waals surface area (Å²) in [7, 11) is 0. The number of fused-ring (bicyclic) bond motifs is 1. The number of aliphatic imine (C=N–C) groups is 1. The molecule has 0 aliphatic heterocycles. The van der Waals surface area contributed by atoms with Crippen LogP contribution in [0.5, 0.6) is 0 Å². The lowest BCUT2D eigenvalue weighted by molar-refractivity contribution is 0.144. The molecule has 0 fully saturated rings. The molecule has 0 unspecified atom stereocenters. The Hall–Kier alpha value is -3.17. The number of nitrogen functional groups attached to an aromatic ring is 2. The maximum absolute atomic E-state index is 14.4. The molecule has 0 bridgehead atoms. The lowest BCUT2D eigenvalue weighted by Crippen LogP contribution is -2.05. The average Bonchev–Trinajstić information content (AvgIpc) is 2.93. The predicted octanol–water partition coefficient (Wildman–Crippen LogP) is 4.18. The first-order valence-corrected chi connectivity index (χ1v) is 8.51. The summed E-state index contributed by atoms with van der Waals surface area (Å²) in [6.07, 6.45) is -0.937. The quantitative estimate of drug-likeness (QED) is 0.649. The molecule has 3 aromatic rings. The van der Waals surface area contributed by atoms with Crippen molar-refractivity contribution in [2.24, 2.45) is 4.99 Å². The molecule has 28 heavy (non-hydrogen) atoms. The van der Waals surface area contributed by atoms with Gasteiger partial charge in [0, 0.05) is 12.1 Å². The highest BCUT2D eigenvalue weighted by molar-refractivity contribution is 5.87. The number of nitrogens with two attached hydrogens (primary N) is 2. The number of hydrogen-bond donors (Lipinski definition) is 2. The number of pyridine rings is 1. The zero-order valence-electron chi connectivity index (χ0n) is 16.0. The fraction of sp³-hybridized carbons (Fsp3) is 0.333. The van der Waals surface area contributed by atoms with Gasteiger partial charge in [-0.15, -0.1) is 5.10 Å². The van der Waals surface area contributed by atoms with Crippen LogP contribution in [0, 0.1) is 12.7 Å². The lowest BCUT2D eigenvalue weighted by atomic mass is 10.1. The molecule has 0 spiro atoms. The Morgan fingerprint density at radius 3 is 2.39 bits per heavy atom. The van der Waals surface area contributed by atoms with Gasteiger partial charge in [0.2, 0.25) is 12.4 Å². The van der Waals surface area contributed by atoms with Gasteiger partial charge < -0.3 is 11.5 Å². The maximum atomic E-state index is 14.4. The minimum atomic E-state index is -2.12. The van der Waals surface area contributed by atoms with Gasteiger partial charge in [-0.05, 0) is 32.9 Å². The molecule has 3 rings (SSSR count). The predicted molar refractivity (Wildman–Crippen MR) is 104 cm³/mol. The summed E-state index contributed by atoms with van der Waals surface area (Å²) in [5.41, 5.74) is 14.8. The van der Waals surface area contributed by atoms with Crippen molar-refractivity contribution < 1.29 is 13.2 Å². The molecule has 3 heterocycles. The van der Waals surface area contributed by atoms with E-state index in [-0.39, 0.29) is 23.8 Å². The average molecular weight is 393 g/mol. The van der Waals surface area contributed by atoms with Gasteiger partial charge in [0.05, 0.1) is 28.8 Å². The Bertz CT molecular complexity index is 1010. The topological polar surface area (TPSA) is 107 Å². The van der Waals surface area contributed by atoms with E-state index < -0.39 is 12.2 Å². The van der Waals surface area contributed by atoms with Crippen molar-refractivity contribution >= 4 is 28.7 Å². The van der Waals surface area contributed by atoms with Crippen LogP contribution in [0.4, 0.5) is 30.6 Å². The molecule has 0 aromatic carbocycles. The Labute approximate surface area is 160 Å². The number of aromatic nitrogens is 4. The van der Waals surface area contributed by atoms with E-state index in [9.17, 15) is 13.2 Å². The van der Waals surface area contributed by atoms with Gasteiger partial charge in [-0.2, -0.15) is 4.98 Å². The van der Waals surface area contributed by atoms with Crippen LogP contribution in [0.2, 0.25) is 0 Å². The van der Waals surface area contributed by atoms with E-state index in [0.29, 0.717) is 16.9 Å². The molecule has 0 saturated carbocycles. The number of alkyl halides is 2. The number of nitrogens with zero attached hydrogens (tertiary/aromatic N) is 5. The van der Waals surface area contributed by atoms with Crippen LogP contribution in [0.1, 0.15) is 32.9 Å². The van der Waals surface area contributed by atoms with Crippen molar-refractivity contribution in [2.75, 3.05) is 11.5 Å². The summed E-state index contributed by atoms with van der Waals surface area (Å²) in [5.74, 6) is -0.419. The second-order valence-corrected chi connectivity index (χ2v) is 6.16. The van der Waals surface area contributed by atoms with Gasteiger partial charge >= 0.3 is 0 Å². The van der Waals surface area contributed by atoms with Crippen molar-refractivity contribution in [1.82, 2.24) is 19.6 Å². The third kappa shape index (κ3) is 4.76. The van der Waals surface area contributed by atoms with Gasteiger partial charge in [-0.1, -0.05) is 6.92 Å². The van der Waals surface area contributed by atoms with Crippen LogP contribution in [0.15, 0.2) is 23.3 Å². The highest BCUT2D eigenvalue weighted by Gasteiger charge is 2.19. The standard InChI is InChI=1S/C15H16FN7.C3H6F2/c1-7(2)19-10-4-5-11(20-8(10)3)12-9(16)6-23-13(12)14(17)21-15(18)22-23;1-2-3(4)5/h4-6H,1-3H3,(H4,17,18,21,22);3H,2H2,1H3. The van der Waals surface area contributed by atoms with E-state index in [2.05, 4.69) is 20.1 Å². The molecular formula is C18H22F3N7. The Morgan fingerprint density at radius 2 is 1.86 bits per heavy atom. The van der Waals surface area contributed by atoms with Gasteiger partial charge in [-0.3, -0.25) is 9.98 Å². The van der Waals surface area contributed by atoms with Gasteiger partial charge in [0.25, 0.3) is 0 Å². The molecule has 4 N–H and O–H groups in total. The minimum Gasteiger partial charge on any atom is -0.382 e. The maximum Gasteiger partial charge on any atom is 0.240 e. The van der Waals surface area contributed by atoms with Crippen LogP contribution < -0.4 is 11.5 Å². The summed E-state index contributed by atoms with van der Waals surface area (Å²) in [4.78, 5) is 12.7. The van der Waals surface area contributed by atoms with E-state index in [4.69, 9.17) is 11.5 Å². The summed E-state index contributed by atoms with van der Waals surface area (Å²) >= 11 is 0. The highest BCUT2D eigenvalue weighted by atomic mass is 19.3. The third-order valence-corrected chi connectivity index (χ3v) is 3.59. The van der Waals surface area contributed by atoms with Crippen molar-refractivity contribution in [3.05, 3.63) is 29.8 Å². The highest BCUT2D eigenvalue weighted by Crippen LogP contribution is 2.32. The Morgan fingerprint density at radius 1 is 1.21 bits per heavy atom. The zero-order valence-corrected chi connectivity index (χ0v) is 16.0. The van der Waals surface area contributed by atoms with Crippen molar-refractivity contribution in [3.8, 4) is 11.3 Å². The van der Waals surface area contributed by atoms with Gasteiger partial charge in [-0.25, -0.2) is 17.7 Å². The van der Waals surface area contributed by atoms with Crippen molar-refractivity contribution in [1.29, 1.82) is 0 Å². The smallest absolute Gasteiger partial charge is 0.240 e. The minimum absolute atomic E-state index is 0.0243. The molecule has 0 radical (unpaired) electrons. The monoisotopic (exact) mass is 393 g/mol. The van der Waals surface area contributed by atoms with Crippen LogP contribution in [0.3, 0.4) is 0 Å². The second-order valence-electron chi connectivity index (χ2n) is 6.16. The molecule has 0 saturated heterocycles. The van der Waals surface area contributed by atoms with Crippen LogP contribution >= 0.6 is 0 Å². The molecular weight excluding hydrogens is 371 g/mol. The van der Waals surface area contributed by atoms with Crippen LogP contribution in [0.25, 0.3) is 16.8 Å². The van der Waals surface area contributed by atoms with E-state index in [0.717, 1.165) is 11.4 Å².